The molecule has 1 rings (SSSR count). The Hall–Kier alpha value is -1.26. The van der Waals surface area contributed by atoms with E-state index in [4.69, 9.17) is 5.73 Å². The van der Waals surface area contributed by atoms with Gasteiger partial charge >= 0.3 is 0 Å². The minimum Gasteiger partial charge on any atom is -0.329 e. The van der Waals surface area contributed by atoms with Crippen LogP contribution in [0.5, 0.6) is 0 Å². The molecule has 1 atom stereocenters. The minimum absolute atomic E-state index is 0.159. The van der Waals surface area contributed by atoms with Crippen LogP contribution < -0.4 is 5.73 Å². The van der Waals surface area contributed by atoms with Crippen LogP contribution in [0, 0.1) is 5.82 Å². The zero-order chi connectivity index (χ0) is 15.1. The molecule has 0 aliphatic heterocycles. The zero-order valence-corrected chi connectivity index (χ0v) is 12.7. The Labute approximate surface area is 121 Å². The number of nitrogens with zero attached hydrogens (tertiary/aromatic N) is 1. The van der Waals surface area contributed by atoms with E-state index in [0.29, 0.717) is 19.4 Å². The molecule has 112 valence electrons. The Morgan fingerprint density at radius 3 is 2.40 bits per heavy atom. The third-order valence-electron chi connectivity index (χ3n) is 3.73. The molecule has 2 N–H and O–H groups in total. The molecule has 0 radical (unpaired) electrons. The van der Waals surface area contributed by atoms with E-state index in [1.165, 1.54) is 6.07 Å². The molecule has 0 saturated carbocycles. The van der Waals surface area contributed by atoms with E-state index >= 15 is 0 Å². The molecule has 1 aromatic carbocycles. The highest BCUT2D eigenvalue weighted by molar-refractivity contribution is 5.96. The molecule has 0 fully saturated rings. The van der Waals surface area contributed by atoms with Crippen molar-refractivity contribution in [3.05, 3.63) is 35.1 Å². The molecule has 4 heteroatoms. The molecule has 0 aliphatic rings. The Morgan fingerprint density at radius 2 is 1.95 bits per heavy atom. The summed E-state index contributed by atoms with van der Waals surface area (Å²) < 4.78 is 13.9. The van der Waals surface area contributed by atoms with Crippen LogP contribution in [-0.2, 0) is 6.42 Å². The van der Waals surface area contributed by atoms with Crippen molar-refractivity contribution in [2.75, 3.05) is 19.6 Å². The number of nitrogens with two attached hydrogens (primary N) is 1. The van der Waals surface area contributed by atoms with Gasteiger partial charge in [-0.1, -0.05) is 26.8 Å². The summed E-state index contributed by atoms with van der Waals surface area (Å²) in [7, 11) is 0. The maximum atomic E-state index is 13.9. The van der Waals surface area contributed by atoms with Crippen LogP contribution >= 0.6 is 0 Å². The van der Waals surface area contributed by atoms with Crippen LogP contribution in [0.15, 0.2) is 18.2 Å². The largest absolute Gasteiger partial charge is 0.329 e. The molecule has 0 bridgehead atoms. The first-order valence-corrected chi connectivity index (χ1v) is 7.32. The Bertz CT molecular complexity index is 444. The van der Waals surface area contributed by atoms with Crippen molar-refractivity contribution in [2.24, 2.45) is 5.73 Å². The van der Waals surface area contributed by atoms with Crippen LogP contribution in [-0.4, -0.2) is 36.4 Å². The van der Waals surface area contributed by atoms with Gasteiger partial charge in [0.05, 0.1) is 5.56 Å². The lowest BCUT2D eigenvalue weighted by Crippen LogP contribution is -2.41. The fourth-order valence-corrected chi connectivity index (χ4v) is 2.48. The first-order valence-electron chi connectivity index (χ1n) is 7.32. The third kappa shape index (κ3) is 4.12. The number of rotatable bonds is 8. The van der Waals surface area contributed by atoms with Crippen molar-refractivity contribution < 1.29 is 9.18 Å². The lowest BCUT2D eigenvalue weighted by atomic mass is 10.0. The first kappa shape index (κ1) is 16.8. The van der Waals surface area contributed by atoms with Crippen LogP contribution in [0.4, 0.5) is 4.39 Å². The van der Waals surface area contributed by atoms with E-state index in [0.717, 1.165) is 18.7 Å². The molecular formula is C16H25FN2O. The average molecular weight is 280 g/mol. The standard InChI is InChI=1S/C16H25FN2O/c1-4-16(20)14-8-7-12(10-15(14)17)9-13(11-18)19(5-2)6-3/h7-8,10,13H,4-6,9,11,18H2,1-3H3/t13-/m0/s1. The van der Waals surface area contributed by atoms with Crippen LogP contribution in [0.2, 0.25) is 0 Å². The molecule has 0 spiro atoms. The number of carbonyl (C=O) groups excluding carboxylic acids is 1. The average Bonchev–Trinajstić information content (AvgIpc) is 2.46. The van der Waals surface area contributed by atoms with Crippen LogP contribution in [0.25, 0.3) is 0 Å². The molecule has 3 nitrogen and oxygen atoms in total. The second-order valence-electron chi connectivity index (χ2n) is 4.91. The van der Waals surface area contributed by atoms with Crippen LogP contribution in [0.1, 0.15) is 43.1 Å². The third-order valence-corrected chi connectivity index (χ3v) is 3.73. The quantitative estimate of drug-likeness (QED) is 0.745. The monoisotopic (exact) mass is 280 g/mol. The summed E-state index contributed by atoms with van der Waals surface area (Å²) in [6.45, 7) is 8.31. The molecule has 0 unspecified atom stereocenters. The maximum absolute atomic E-state index is 13.9. The lowest BCUT2D eigenvalue weighted by molar-refractivity contribution is 0.0984. The van der Waals surface area contributed by atoms with E-state index in [1.54, 1.807) is 13.0 Å². The zero-order valence-electron chi connectivity index (χ0n) is 12.7. The smallest absolute Gasteiger partial charge is 0.165 e. The summed E-state index contributed by atoms with van der Waals surface area (Å²) in [5.74, 6) is -0.585. The molecule has 0 heterocycles. The minimum atomic E-state index is -0.426. The highest BCUT2D eigenvalue weighted by Gasteiger charge is 2.16. The van der Waals surface area contributed by atoms with E-state index in [9.17, 15) is 9.18 Å². The van der Waals surface area contributed by atoms with Crippen molar-refractivity contribution in [2.45, 2.75) is 39.7 Å². The Balaban J connectivity index is 2.87. The van der Waals surface area contributed by atoms with E-state index in [-0.39, 0.29) is 17.4 Å². The number of halogens is 1. The van der Waals surface area contributed by atoms with Gasteiger partial charge in [0.25, 0.3) is 0 Å². The molecule has 0 amide bonds. The Morgan fingerprint density at radius 1 is 1.30 bits per heavy atom. The molecule has 0 aromatic heterocycles. The molecule has 1 aromatic rings. The van der Waals surface area contributed by atoms with Gasteiger partial charge in [0.1, 0.15) is 5.82 Å². The van der Waals surface area contributed by atoms with Gasteiger partial charge in [-0.15, -0.1) is 0 Å². The summed E-state index contributed by atoms with van der Waals surface area (Å²) in [4.78, 5) is 13.8. The van der Waals surface area contributed by atoms with Gasteiger partial charge < -0.3 is 5.73 Å². The first-order chi connectivity index (χ1) is 9.57. The highest BCUT2D eigenvalue weighted by atomic mass is 19.1. The molecule has 20 heavy (non-hydrogen) atoms. The molecule has 0 saturated heterocycles. The fraction of sp³-hybridized carbons (Fsp3) is 0.562. The topological polar surface area (TPSA) is 46.3 Å². The van der Waals surface area contributed by atoms with E-state index in [2.05, 4.69) is 18.7 Å². The summed E-state index contributed by atoms with van der Waals surface area (Å²) in [5, 5.41) is 0. The van der Waals surface area contributed by atoms with Gasteiger partial charge in [-0.05, 0) is 37.2 Å². The van der Waals surface area contributed by atoms with Gasteiger partial charge in [0, 0.05) is 19.0 Å². The second kappa shape index (κ2) is 8.12. The van der Waals surface area contributed by atoms with E-state index < -0.39 is 5.82 Å². The van der Waals surface area contributed by atoms with E-state index in [1.807, 2.05) is 6.07 Å². The predicted molar refractivity (Wildman–Crippen MR) is 80.5 cm³/mol. The number of benzene rings is 1. The normalized spacial score (nSPS) is 12.7. The van der Waals surface area contributed by atoms with Crippen molar-refractivity contribution >= 4 is 5.78 Å². The van der Waals surface area contributed by atoms with Crippen molar-refractivity contribution in [1.29, 1.82) is 0 Å². The fourth-order valence-electron chi connectivity index (χ4n) is 2.48. The van der Waals surface area contributed by atoms with Gasteiger partial charge in [0.2, 0.25) is 0 Å². The number of ketones is 1. The van der Waals surface area contributed by atoms with Gasteiger partial charge in [0.15, 0.2) is 5.78 Å². The number of carbonyl (C=O) groups is 1. The highest BCUT2D eigenvalue weighted by Crippen LogP contribution is 2.15. The summed E-state index contributed by atoms with van der Waals surface area (Å²) >= 11 is 0. The van der Waals surface area contributed by atoms with Crippen molar-refractivity contribution in [3.8, 4) is 0 Å². The maximum Gasteiger partial charge on any atom is 0.165 e. The second-order valence-corrected chi connectivity index (χ2v) is 4.91. The lowest BCUT2D eigenvalue weighted by Gasteiger charge is -2.28. The number of hydrogen-bond donors (Lipinski definition) is 1. The Kier molecular flexibility index (Phi) is 6.82. The summed E-state index contributed by atoms with van der Waals surface area (Å²) in [6, 6.07) is 5.09. The summed E-state index contributed by atoms with van der Waals surface area (Å²) in [5.41, 5.74) is 6.89. The van der Waals surface area contributed by atoms with Gasteiger partial charge in [-0.3, -0.25) is 9.69 Å². The van der Waals surface area contributed by atoms with Crippen molar-refractivity contribution in [3.63, 3.8) is 0 Å². The van der Waals surface area contributed by atoms with Gasteiger partial charge in [-0.25, -0.2) is 4.39 Å². The SMILES string of the molecule is CCC(=O)c1ccc(C[C@@H](CN)N(CC)CC)cc1F. The predicted octanol–water partition coefficient (Wildman–Crippen LogP) is 2.63. The van der Waals surface area contributed by atoms with Crippen molar-refractivity contribution in [1.82, 2.24) is 4.90 Å². The number of likely N-dealkylation sites (N-methyl/N-ethyl adjacent to an activating group) is 1. The summed E-state index contributed by atoms with van der Waals surface area (Å²) in [6.07, 6.45) is 1.02. The number of Topliss-reactive ketones (excluding diaryl/α,β-unsaturated/α-hetero) is 1. The van der Waals surface area contributed by atoms with Gasteiger partial charge in [-0.2, -0.15) is 0 Å². The molecular weight excluding hydrogens is 255 g/mol. The molecule has 0 aliphatic carbocycles. The van der Waals surface area contributed by atoms with Crippen LogP contribution in [0.3, 0.4) is 0 Å². The number of hydrogen-bond acceptors (Lipinski definition) is 3.